The lowest BCUT2D eigenvalue weighted by molar-refractivity contribution is -0.0705. The fourth-order valence-electron chi connectivity index (χ4n) is 3.40. The smallest absolute Gasteiger partial charge is 0.191 e. The van der Waals surface area contributed by atoms with Crippen LogP contribution >= 0.6 is 24.0 Å². The first-order chi connectivity index (χ1) is 13.3. The summed E-state index contributed by atoms with van der Waals surface area (Å²) < 4.78 is 11.4. The van der Waals surface area contributed by atoms with Gasteiger partial charge in [0.05, 0.1) is 24.4 Å². The van der Waals surface area contributed by atoms with E-state index in [-0.39, 0.29) is 41.8 Å². The molecule has 0 aromatic heterocycles. The Kier molecular flexibility index (Phi) is 11.5. The zero-order valence-electron chi connectivity index (χ0n) is 18.8. The summed E-state index contributed by atoms with van der Waals surface area (Å²) in [5.74, 6) is 0.816. The van der Waals surface area contributed by atoms with E-state index in [1.807, 2.05) is 0 Å². The molecule has 7 heteroatoms. The number of hydrogen-bond acceptors (Lipinski definition) is 4. The zero-order chi connectivity index (χ0) is 20.6. The van der Waals surface area contributed by atoms with Crippen LogP contribution < -0.4 is 10.6 Å². The number of benzene rings is 1. The second-order valence-electron chi connectivity index (χ2n) is 8.23. The SMILES string of the molecule is CCNC(=NCc1ccccc1CN1CC(C)OC(C)C1)NCC(C)(C)OC.I. The lowest BCUT2D eigenvalue weighted by Gasteiger charge is -2.35. The molecule has 1 saturated heterocycles. The number of hydrogen-bond donors (Lipinski definition) is 2. The largest absolute Gasteiger partial charge is 0.377 e. The number of rotatable bonds is 8. The van der Waals surface area contributed by atoms with Gasteiger partial charge in [0.15, 0.2) is 5.96 Å². The number of ether oxygens (including phenoxy) is 2. The standard InChI is InChI=1S/C22H38N4O2.HI/c1-7-23-21(25-16-22(4,5)27-6)24-12-19-10-8-9-11-20(19)15-26-13-17(2)28-18(3)14-26;/h8-11,17-18H,7,12-16H2,1-6H3,(H2,23,24,25);1H. The highest BCUT2D eigenvalue weighted by Gasteiger charge is 2.22. The number of nitrogens with zero attached hydrogens (tertiary/aromatic N) is 2. The fourth-order valence-corrected chi connectivity index (χ4v) is 3.40. The predicted molar refractivity (Wildman–Crippen MR) is 131 cm³/mol. The Morgan fingerprint density at radius 3 is 2.38 bits per heavy atom. The molecular formula is C22H39IN4O2. The number of guanidine groups is 1. The summed E-state index contributed by atoms with van der Waals surface area (Å²) in [5.41, 5.74) is 2.36. The summed E-state index contributed by atoms with van der Waals surface area (Å²) in [6.07, 6.45) is 0.560. The summed E-state index contributed by atoms with van der Waals surface area (Å²) >= 11 is 0. The topological polar surface area (TPSA) is 58.1 Å². The second kappa shape index (κ2) is 12.7. The average molecular weight is 518 g/mol. The van der Waals surface area contributed by atoms with Gasteiger partial charge in [0.2, 0.25) is 0 Å². The highest BCUT2D eigenvalue weighted by atomic mass is 127. The second-order valence-corrected chi connectivity index (χ2v) is 8.23. The zero-order valence-corrected chi connectivity index (χ0v) is 21.2. The van der Waals surface area contributed by atoms with Crippen molar-refractivity contribution in [1.82, 2.24) is 15.5 Å². The van der Waals surface area contributed by atoms with Crippen LogP contribution in [0.25, 0.3) is 0 Å². The molecule has 0 bridgehead atoms. The van der Waals surface area contributed by atoms with E-state index >= 15 is 0 Å². The summed E-state index contributed by atoms with van der Waals surface area (Å²) in [6.45, 7) is 15.5. The van der Waals surface area contributed by atoms with E-state index in [2.05, 4.69) is 74.4 Å². The minimum atomic E-state index is -0.238. The molecule has 1 aromatic carbocycles. The third kappa shape index (κ3) is 9.19. The van der Waals surface area contributed by atoms with Gasteiger partial charge in [-0.1, -0.05) is 24.3 Å². The van der Waals surface area contributed by atoms with Crippen LogP contribution in [0.5, 0.6) is 0 Å². The molecule has 0 saturated carbocycles. The molecule has 1 heterocycles. The van der Waals surface area contributed by atoms with Crippen molar-refractivity contribution in [3.8, 4) is 0 Å². The Bertz CT molecular complexity index is 629. The van der Waals surface area contributed by atoms with Crippen molar-refractivity contribution in [3.05, 3.63) is 35.4 Å². The normalized spacial score (nSPS) is 20.8. The molecule has 1 aromatic rings. The first kappa shape index (κ1) is 26.1. The lowest BCUT2D eigenvalue weighted by atomic mass is 10.1. The monoisotopic (exact) mass is 518 g/mol. The number of nitrogens with one attached hydrogen (secondary N) is 2. The summed E-state index contributed by atoms with van der Waals surface area (Å²) in [5, 5.41) is 6.70. The van der Waals surface area contributed by atoms with Crippen molar-refractivity contribution in [2.24, 2.45) is 4.99 Å². The highest BCUT2D eigenvalue weighted by molar-refractivity contribution is 14.0. The van der Waals surface area contributed by atoms with Gasteiger partial charge in [-0.15, -0.1) is 24.0 Å². The Hall–Kier alpha value is -0.900. The van der Waals surface area contributed by atoms with Crippen molar-refractivity contribution < 1.29 is 9.47 Å². The molecule has 0 amide bonds. The molecule has 2 rings (SSSR count). The van der Waals surface area contributed by atoms with Gasteiger partial charge in [-0.05, 0) is 45.7 Å². The minimum Gasteiger partial charge on any atom is -0.377 e. The Morgan fingerprint density at radius 1 is 1.17 bits per heavy atom. The number of morpholine rings is 1. The summed E-state index contributed by atoms with van der Waals surface area (Å²) in [6, 6.07) is 8.59. The molecule has 1 fully saturated rings. The molecule has 2 unspecified atom stereocenters. The number of halogens is 1. The highest BCUT2D eigenvalue weighted by Crippen LogP contribution is 2.17. The number of aliphatic imine (C=N–C) groups is 1. The van der Waals surface area contributed by atoms with Gasteiger partial charge in [0.1, 0.15) is 0 Å². The van der Waals surface area contributed by atoms with Gasteiger partial charge in [0.25, 0.3) is 0 Å². The van der Waals surface area contributed by atoms with Gasteiger partial charge in [0, 0.05) is 39.8 Å². The molecule has 0 aliphatic carbocycles. The molecule has 0 radical (unpaired) electrons. The van der Waals surface area contributed by atoms with Gasteiger partial charge in [-0.25, -0.2) is 4.99 Å². The van der Waals surface area contributed by atoms with Crippen molar-refractivity contribution in [2.45, 2.75) is 65.5 Å². The van der Waals surface area contributed by atoms with Crippen molar-refractivity contribution in [1.29, 1.82) is 0 Å². The van der Waals surface area contributed by atoms with Crippen LogP contribution in [0.3, 0.4) is 0 Å². The van der Waals surface area contributed by atoms with Crippen LogP contribution in [0.4, 0.5) is 0 Å². The Labute approximate surface area is 193 Å². The fraction of sp³-hybridized carbons (Fsp3) is 0.682. The van der Waals surface area contributed by atoms with E-state index in [4.69, 9.17) is 14.5 Å². The molecule has 166 valence electrons. The van der Waals surface area contributed by atoms with E-state index in [1.54, 1.807) is 7.11 Å². The van der Waals surface area contributed by atoms with Crippen molar-refractivity contribution in [3.63, 3.8) is 0 Å². The van der Waals surface area contributed by atoms with Crippen LogP contribution in [-0.2, 0) is 22.6 Å². The molecule has 2 atom stereocenters. The molecule has 1 aliphatic heterocycles. The summed E-state index contributed by atoms with van der Waals surface area (Å²) in [7, 11) is 1.73. The third-order valence-corrected chi connectivity index (χ3v) is 4.99. The first-order valence-electron chi connectivity index (χ1n) is 10.3. The van der Waals surface area contributed by atoms with Crippen molar-refractivity contribution in [2.75, 3.05) is 33.3 Å². The van der Waals surface area contributed by atoms with E-state index in [0.29, 0.717) is 13.1 Å². The van der Waals surface area contributed by atoms with Gasteiger partial charge in [-0.3, -0.25) is 4.90 Å². The van der Waals surface area contributed by atoms with Crippen LogP contribution in [0.1, 0.15) is 45.7 Å². The van der Waals surface area contributed by atoms with E-state index in [9.17, 15) is 0 Å². The van der Waals surface area contributed by atoms with E-state index < -0.39 is 0 Å². The molecule has 29 heavy (non-hydrogen) atoms. The molecule has 1 aliphatic rings. The van der Waals surface area contributed by atoms with Gasteiger partial charge < -0.3 is 20.1 Å². The quantitative estimate of drug-likeness (QED) is 0.314. The lowest BCUT2D eigenvalue weighted by Crippen LogP contribution is -2.45. The van der Waals surface area contributed by atoms with Gasteiger partial charge in [-0.2, -0.15) is 0 Å². The van der Waals surface area contributed by atoms with E-state index in [0.717, 1.165) is 32.1 Å². The summed E-state index contributed by atoms with van der Waals surface area (Å²) in [4.78, 5) is 7.28. The Balaban J connectivity index is 0.00000420. The molecular weight excluding hydrogens is 479 g/mol. The molecule has 6 nitrogen and oxygen atoms in total. The number of methoxy groups -OCH3 is 1. The van der Waals surface area contributed by atoms with Crippen LogP contribution in [0.15, 0.2) is 29.3 Å². The first-order valence-corrected chi connectivity index (χ1v) is 10.3. The molecule has 2 N–H and O–H groups in total. The molecule has 0 spiro atoms. The van der Waals surface area contributed by atoms with E-state index in [1.165, 1.54) is 11.1 Å². The van der Waals surface area contributed by atoms with Gasteiger partial charge >= 0.3 is 0 Å². The maximum Gasteiger partial charge on any atom is 0.191 e. The van der Waals surface area contributed by atoms with Crippen molar-refractivity contribution >= 4 is 29.9 Å². The third-order valence-electron chi connectivity index (χ3n) is 4.99. The van der Waals surface area contributed by atoms with Crippen LogP contribution in [0.2, 0.25) is 0 Å². The minimum absolute atomic E-state index is 0. The average Bonchev–Trinajstić information content (AvgIpc) is 2.64. The maximum atomic E-state index is 5.86. The predicted octanol–water partition coefficient (Wildman–Crippen LogP) is 3.39. The Morgan fingerprint density at radius 2 is 1.79 bits per heavy atom. The maximum absolute atomic E-state index is 5.86. The van der Waals surface area contributed by atoms with Crippen LogP contribution in [-0.4, -0.2) is 62.0 Å². The van der Waals surface area contributed by atoms with Crippen LogP contribution in [0, 0.1) is 0 Å².